The van der Waals surface area contributed by atoms with Crippen molar-refractivity contribution in [1.82, 2.24) is 26.2 Å². The predicted octanol–water partition coefficient (Wildman–Crippen LogP) is 2.10. The van der Waals surface area contributed by atoms with E-state index in [4.69, 9.17) is 0 Å². The largest absolute Gasteiger partial charge is 0.298 e. The standard InChI is InChI=1S/C23H31N5/c1-3-8-18(9-4-1)14-21-16-27-13-7-12-20(27)15-28(21)17-22-23(25-26-24-22)19-10-5-2-6-11-19/h1-6,8-11,20-26H,7,12-17H2/t20-,21-,22?,23?/m0/s1. The Balaban J connectivity index is 1.33. The molecule has 4 atom stereocenters. The van der Waals surface area contributed by atoms with E-state index < -0.39 is 0 Å². The van der Waals surface area contributed by atoms with Crippen LogP contribution in [-0.4, -0.2) is 54.1 Å². The van der Waals surface area contributed by atoms with Crippen LogP contribution in [0.15, 0.2) is 60.7 Å². The number of hydrazine groups is 2. The molecular formula is C23H31N5. The van der Waals surface area contributed by atoms with Crippen LogP contribution in [0.3, 0.4) is 0 Å². The lowest BCUT2D eigenvalue weighted by molar-refractivity contribution is 0.0440. The molecule has 5 rings (SSSR count). The van der Waals surface area contributed by atoms with Crippen molar-refractivity contribution in [2.45, 2.75) is 43.4 Å². The molecule has 2 aromatic rings. The SMILES string of the molecule is c1ccc(C[C@H]2CN3CCC[C@H]3CN2CC2NNNC2c2ccccc2)cc1. The molecule has 148 valence electrons. The smallest absolute Gasteiger partial charge is 0.0655 e. The highest BCUT2D eigenvalue weighted by Gasteiger charge is 2.39. The number of hydrogen-bond acceptors (Lipinski definition) is 5. The zero-order valence-corrected chi connectivity index (χ0v) is 16.4. The van der Waals surface area contributed by atoms with E-state index in [0.717, 1.165) is 19.0 Å². The third kappa shape index (κ3) is 3.86. The zero-order chi connectivity index (χ0) is 18.8. The molecule has 0 bridgehead atoms. The van der Waals surface area contributed by atoms with Crippen molar-refractivity contribution in [1.29, 1.82) is 0 Å². The maximum atomic E-state index is 3.48. The number of hydrogen-bond donors (Lipinski definition) is 3. The molecule has 3 aliphatic heterocycles. The molecule has 3 aliphatic rings. The van der Waals surface area contributed by atoms with Gasteiger partial charge < -0.3 is 0 Å². The van der Waals surface area contributed by atoms with Crippen molar-refractivity contribution in [3.63, 3.8) is 0 Å². The third-order valence-electron chi connectivity index (χ3n) is 6.70. The number of piperazine rings is 1. The monoisotopic (exact) mass is 377 g/mol. The van der Waals surface area contributed by atoms with Gasteiger partial charge in [0.05, 0.1) is 12.1 Å². The summed E-state index contributed by atoms with van der Waals surface area (Å²) < 4.78 is 0. The molecule has 0 saturated carbocycles. The molecule has 3 saturated heterocycles. The topological polar surface area (TPSA) is 42.6 Å². The Morgan fingerprint density at radius 1 is 0.893 bits per heavy atom. The summed E-state index contributed by atoms with van der Waals surface area (Å²) >= 11 is 0. The fourth-order valence-electron chi connectivity index (χ4n) is 5.23. The summed E-state index contributed by atoms with van der Waals surface area (Å²) in [5, 5.41) is 0. The summed E-state index contributed by atoms with van der Waals surface area (Å²) in [4.78, 5) is 5.49. The molecule has 3 fully saturated rings. The lowest BCUT2D eigenvalue weighted by atomic mass is 9.96. The van der Waals surface area contributed by atoms with Crippen LogP contribution >= 0.6 is 0 Å². The first-order valence-corrected chi connectivity index (χ1v) is 10.7. The van der Waals surface area contributed by atoms with Gasteiger partial charge in [0.25, 0.3) is 0 Å². The Kier molecular flexibility index (Phi) is 5.43. The average molecular weight is 378 g/mol. The second kappa shape index (κ2) is 8.31. The Morgan fingerprint density at radius 3 is 2.50 bits per heavy atom. The van der Waals surface area contributed by atoms with Gasteiger partial charge in [-0.25, -0.2) is 10.9 Å². The van der Waals surface area contributed by atoms with Gasteiger partial charge in [-0.05, 0) is 36.9 Å². The molecule has 3 N–H and O–H groups in total. The Morgan fingerprint density at radius 2 is 1.68 bits per heavy atom. The van der Waals surface area contributed by atoms with Gasteiger partial charge in [0, 0.05) is 31.7 Å². The van der Waals surface area contributed by atoms with Crippen molar-refractivity contribution >= 4 is 0 Å². The minimum Gasteiger partial charge on any atom is -0.298 e. The van der Waals surface area contributed by atoms with Crippen LogP contribution in [0.2, 0.25) is 0 Å². The van der Waals surface area contributed by atoms with E-state index in [2.05, 4.69) is 86.8 Å². The van der Waals surface area contributed by atoms with Gasteiger partial charge in [0.15, 0.2) is 0 Å². The zero-order valence-electron chi connectivity index (χ0n) is 16.4. The minimum atomic E-state index is 0.292. The van der Waals surface area contributed by atoms with E-state index in [1.54, 1.807) is 0 Å². The van der Waals surface area contributed by atoms with E-state index in [0.29, 0.717) is 18.1 Å². The molecule has 0 aliphatic carbocycles. The quantitative estimate of drug-likeness (QED) is 0.745. The fourth-order valence-corrected chi connectivity index (χ4v) is 5.23. The maximum absolute atomic E-state index is 3.48. The number of rotatable bonds is 5. The normalized spacial score (nSPS) is 31.1. The van der Waals surface area contributed by atoms with Crippen molar-refractivity contribution in [2.24, 2.45) is 0 Å². The Labute approximate surface area is 168 Å². The Bertz CT molecular complexity index is 752. The second-order valence-corrected chi connectivity index (χ2v) is 8.50. The predicted molar refractivity (Wildman–Crippen MR) is 112 cm³/mol. The van der Waals surface area contributed by atoms with Gasteiger partial charge in [-0.15, -0.1) is 0 Å². The number of nitrogens with zero attached hydrogens (tertiary/aromatic N) is 2. The van der Waals surface area contributed by atoms with Crippen molar-refractivity contribution < 1.29 is 0 Å². The van der Waals surface area contributed by atoms with Crippen molar-refractivity contribution in [3.05, 3.63) is 71.8 Å². The number of nitrogens with one attached hydrogen (secondary N) is 3. The highest BCUT2D eigenvalue weighted by Crippen LogP contribution is 2.28. The molecule has 5 nitrogen and oxygen atoms in total. The van der Waals surface area contributed by atoms with Crippen LogP contribution in [0.5, 0.6) is 0 Å². The summed E-state index contributed by atoms with van der Waals surface area (Å²) in [6.45, 7) is 4.73. The van der Waals surface area contributed by atoms with E-state index in [-0.39, 0.29) is 0 Å². The molecule has 0 aromatic heterocycles. The number of fused-ring (bicyclic) bond motifs is 1. The highest BCUT2D eigenvalue weighted by molar-refractivity contribution is 5.22. The van der Waals surface area contributed by atoms with Gasteiger partial charge in [0.2, 0.25) is 0 Å². The Hall–Kier alpha value is -1.76. The van der Waals surface area contributed by atoms with Crippen LogP contribution < -0.4 is 16.4 Å². The van der Waals surface area contributed by atoms with Crippen molar-refractivity contribution in [2.75, 3.05) is 26.2 Å². The first kappa shape index (κ1) is 18.3. The molecule has 0 radical (unpaired) electrons. The summed E-state index contributed by atoms with van der Waals surface area (Å²) in [7, 11) is 0. The van der Waals surface area contributed by atoms with Gasteiger partial charge in [0.1, 0.15) is 0 Å². The first-order chi connectivity index (χ1) is 13.9. The minimum absolute atomic E-state index is 0.292. The molecule has 5 heteroatoms. The summed E-state index contributed by atoms with van der Waals surface area (Å²) in [5.74, 6) is 0. The molecule has 28 heavy (non-hydrogen) atoms. The summed E-state index contributed by atoms with van der Waals surface area (Å²) in [6, 6.07) is 23.7. The van der Waals surface area contributed by atoms with Gasteiger partial charge in [-0.1, -0.05) is 60.7 Å². The molecule has 0 spiro atoms. The molecular weight excluding hydrogens is 346 g/mol. The van der Waals surface area contributed by atoms with Crippen LogP contribution in [0.1, 0.15) is 30.0 Å². The average Bonchev–Trinajstić information content (AvgIpc) is 3.39. The summed E-state index contributed by atoms with van der Waals surface area (Å²) in [5.41, 5.74) is 12.9. The maximum Gasteiger partial charge on any atom is 0.0655 e. The lowest BCUT2D eigenvalue weighted by Gasteiger charge is -2.45. The molecule has 2 aromatic carbocycles. The second-order valence-electron chi connectivity index (χ2n) is 8.50. The lowest BCUT2D eigenvalue weighted by Crippen LogP contribution is -2.59. The number of benzene rings is 2. The van der Waals surface area contributed by atoms with Crippen LogP contribution in [0.25, 0.3) is 0 Å². The first-order valence-electron chi connectivity index (χ1n) is 10.7. The molecule has 3 heterocycles. The van der Waals surface area contributed by atoms with Gasteiger partial charge >= 0.3 is 0 Å². The van der Waals surface area contributed by atoms with Crippen LogP contribution in [0, 0.1) is 0 Å². The van der Waals surface area contributed by atoms with Gasteiger partial charge in [-0.2, -0.15) is 5.53 Å². The van der Waals surface area contributed by atoms with E-state index in [1.165, 1.54) is 43.6 Å². The summed E-state index contributed by atoms with van der Waals surface area (Å²) in [6.07, 6.45) is 3.84. The van der Waals surface area contributed by atoms with Crippen molar-refractivity contribution in [3.8, 4) is 0 Å². The molecule has 0 amide bonds. The third-order valence-corrected chi connectivity index (χ3v) is 6.70. The van der Waals surface area contributed by atoms with E-state index >= 15 is 0 Å². The van der Waals surface area contributed by atoms with Gasteiger partial charge in [-0.3, -0.25) is 9.80 Å². The van der Waals surface area contributed by atoms with Crippen LogP contribution in [0.4, 0.5) is 0 Å². The fraction of sp³-hybridized carbons (Fsp3) is 0.478. The molecule has 2 unspecified atom stereocenters. The highest BCUT2D eigenvalue weighted by atomic mass is 15.7. The van der Waals surface area contributed by atoms with Crippen LogP contribution in [-0.2, 0) is 6.42 Å². The van der Waals surface area contributed by atoms with E-state index in [1.807, 2.05) is 0 Å². The van der Waals surface area contributed by atoms with E-state index in [9.17, 15) is 0 Å².